The molecule has 1 heterocycles. The zero-order valence-electron chi connectivity index (χ0n) is 11.5. The van der Waals surface area contributed by atoms with Gasteiger partial charge in [0, 0.05) is 12.6 Å². The molecule has 1 aromatic rings. The molecule has 0 aliphatic rings. The van der Waals surface area contributed by atoms with Crippen LogP contribution in [0.15, 0.2) is 10.6 Å². The molecule has 1 aromatic heterocycles. The quantitative estimate of drug-likeness (QED) is 0.783. The monoisotopic (exact) mass is 253 g/mol. The first-order valence-electron chi connectivity index (χ1n) is 6.63. The number of hydrogen-bond acceptors (Lipinski definition) is 3. The van der Waals surface area contributed by atoms with E-state index in [-0.39, 0.29) is 6.03 Å². The molecule has 0 fully saturated rings. The van der Waals surface area contributed by atoms with Crippen LogP contribution in [-0.4, -0.2) is 17.7 Å². The van der Waals surface area contributed by atoms with Crippen LogP contribution >= 0.6 is 0 Å². The van der Waals surface area contributed by atoms with Gasteiger partial charge in [-0.3, -0.25) is 5.32 Å². The van der Waals surface area contributed by atoms with E-state index in [0.29, 0.717) is 24.0 Å². The third-order valence-electron chi connectivity index (χ3n) is 2.96. The van der Waals surface area contributed by atoms with Gasteiger partial charge < -0.3 is 9.84 Å². The fourth-order valence-corrected chi connectivity index (χ4v) is 1.77. The maximum atomic E-state index is 11.6. The van der Waals surface area contributed by atoms with Gasteiger partial charge in [0.15, 0.2) is 5.82 Å². The zero-order valence-corrected chi connectivity index (χ0v) is 11.5. The molecule has 0 spiro atoms. The van der Waals surface area contributed by atoms with Crippen molar-refractivity contribution in [3.8, 4) is 0 Å². The number of rotatable bonds is 7. The average molecular weight is 253 g/mol. The molecule has 0 aliphatic heterocycles. The highest BCUT2D eigenvalue weighted by molar-refractivity contribution is 5.88. The van der Waals surface area contributed by atoms with E-state index >= 15 is 0 Å². The van der Waals surface area contributed by atoms with E-state index in [1.54, 1.807) is 13.0 Å². The van der Waals surface area contributed by atoms with Crippen LogP contribution < -0.4 is 10.6 Å². The molecule has 0 aromatic carbocycles. The Kier molecular flexibility index (Phi) is 6.25. The highest BCUT2D eigenvalue weighted by Crippen LogP contribution is 2.11. The van der Waals surface area contributed by atoms with Crippen LogP contribution in [0.25, 0.3) is 0 Å². The number of nitrogens with zero attached hydrogens (tertiary/aromatic N) is 1. The maximum absolute atomic E-state index is 11.6. The number of hydrogen-bond donors (Lipinski definition) is 2. The van der Waals surface area contributed by atoms with Gasteiger partial charge >= 0.3 is 6.03 Å². The average Bonchev–Trinajstić information content (AvgIpc) is 2.75. The van der Waals surface area contributed by atoms with E-state index in [4.69, 9.17) is 4.52 Å². The van der Waals surface area contributed by atoms with E-state index < -0.39 is 0 Å². The summed E-state index contributed by atoms with van der Waals surface area (Å²) < 4.78 is 4.87. The van der Waals surface area contributed by atoms with Gasteiger partial charge in [0.25, 0.3) is 0 Å². The summed E-state index contributed by atoms with van der Waals surface area (Å²) in [6.07, 6.45) is 4.66. The highest BCUT2D eigenvalue weighted by Gasteiger charge is 2.09. The van der Waals surface area contributed by atoms with Crippen LogP contribution in [-0.2, 0) is 0 Å². The van der Waals surface area contributed by atoms with E-state index in [2.05, 4.69) is 29.6 Å². The van der Waals surface area contributed by atoms with E-state index in [0.717, 1.165) is 12.8 Å². The van der Waals surface area contributed by atoms with Crippen molar-refractivity contribution in [3.05, 3.63) is 11.8 Å². The second-order valence-corrected chi connectivity index (χ2v) is 4.57. The Labute approximate surface area is 108 Å². The zero-order chi connectivity index (χ0) is 13.4. The van der Waals surface area contributed by atoms with Crippen molar-refractivity contribution in [2.24, 2.45) is 5.92 Å². The van der Waals surface area contributed by atoms with Crippen LogP contribution in [0.5, 0.6) is 0 Å². The Morgan fingerprint density at radius 3 is 2.83 bits per heavy atom. The minimum atomic E-state index is -0.224. The first-order valence-corrected chi connectivity index (χ1v) is 6.63. The molecule has 0 radical (unpaired) electrons. The number of aromatic nitrogens is 1. The van der Waals surface area contributed by atoms with Gasteiger partial charge in [0.1, 0.15) is 5.76 Å². The predicted octanol–water partition coefficient (Wildman–Crippen LogP) is 3.32. The molecule has 2 amide bonds. The number of carbonyl (C=O) groups excluding carboxylic acids is 1. The van der Waals surface area contributed by atoms with Crippen LogP contribution in [0.2, 0.25) is 0 Å². The van der Waals surface area contributed by atoms with Crippen molar-refractivity contribution < 1.29 is 9.32 Å². The SMILES string of the molecule is CCCCC(CC)CNC(=O)Nc1cc(C)on1. The summed E-state index contributed by atoms with van der Waals surface area (Å²) in [7, 11) is 0. The number of carbonyl (C=O) groups is 1. The maximum Gasteiger partial charge on any atom is 0.320 e. The number of amides is 2. The predicted molar refractivity (Wildman–Crippen MR) is 71.6 cm³/mol. The van der Waals surface area contributed by atoms with Crippen molar-refractivity contribution >= 4 is 11.8 Å². The molecule has 1 unspecified atom stereocenters. The van der Waals surface area contributed by atoms with Crippen LogP contribution in [0.3, 0.4) is 0 Å². The standard InChI is InChI=1S/C13H23N3O2/c1-4-6-7-11(5-2)9-14-13(17)15-12-8-10(3)18-16-12/h8,11H,4-7,9H2,1-3H3,(H2,14,15,16,17). The summed E-state index contributed by atoms with van der Waals surface area (Å²) in [6, 6.07) is 1.46. The Morgan fingerprint density at radius 1 is 1.50 bits per heavy atom. The number of anilines is 1. The molecule has 0 aliphatic carbocycles. The van der Waals surface area contributed by atoms with Gasteiger partial charge in [0.2, 0.25) is 0 Å². The van der Waals surface area contributed by atoms with Gasteiger partial charge in [-0.05, 0) is 19.3 Å². The van der Waals surface area contributed by atoms with Crippen molar-refractivity contribution in [2.45, 2.75) is 46.5 Å². The second-order valence-electron chi connectivity index (χ2n) is 4.57. The largest absolute Gasteiger partial charge is 0.360 e. The molecule has 2 N–H and O–H groups in total. The minimum Gasteiger partial charge on any atom is -0.360 e. The number of urea groups is 1. The van der Waals surface area contributed by atoms with Crippen molar-refractivity contribution in [3.63, 3.8) is 0 Å². The third-order valence-corrected chi connectivity index (χ3v) is 2.96. The summed E-state index contributed by atoms with van der Waals surface area (Å²) in [5.74, 6) is 1.68. The molecule has 5 heteroatoms. The Morgan fingerprint density at radius 2 is 2.28 bits per heavy atom. The molecule has 1 rings (SSSR count). The van der Waals surface area contributed by atoms with Gasteiger partial charge in [-0.25, -0.2) is 4.79 Å². The number of nitrogens with one attached hydrogen (secondary N) is 2. The lowest BCUT2D eigenvalue weighted by molar-refractivity contribution is 0.249. The summed E-state index contributed by atoms with van der Waals surface area (Å²) in [5, 5.41) is 9.22. The second kappa shape index (κ2) is 7.74. The van der Waals surface area contributed by atoms with E-state index in [9.17, 15) is 4.79 Å². The molecule has 18 heavy (non-hydrogen) atoms. The van der Waals surface area contributed by atoms with E-state index in [1.807, 2.05) is 0 Å². The number of unbranched alkanes of at least 4 members (excludes halogenated alkanes) is 1. The first kappa shape index (κ1) is 14.5. The summed E-state index contributed by atoms with van der Waals surface area (Å²) in [4.78, 5) is 11.6. The van der Waals surface area contributed by atoms with Gasteiger partial charge in [0.05, 0.1) is 0 Å². The normalized spacial score (nSPS) is 12.2. The van der Waals surface area contributed by atoms with Gasteiger partial charge in [-0.2, -0.15) is 0 Å². The molecular formula is C13H23N3O2. The molecule has 0 saturated carbocycles. The highest BCUT2D eigenvalue weighted by atomic mass is 16.5. The van der Waals surface area contributed by atoms with Crippen molar-refractivity contribution in [1.29, 1.82) is 0 Å². The molecule has 5 nitrogen and oxygen atoms in total. The smallest absolute Gasteiger partial charge is 0.320 e. The minimum absolute atomic E-state index is 0.224. The summed E-state index contributed by atoms with van der Waals surface area (Å²) in [5.41, 5.74) is 0. The van der Waals surface area contributed by atoms with Crippen molar-refractivity contribution in [1.82, 2.24) is 10.5 Å². The Hall–Kier alpha value is -1.52. The van der Waals surface area contributed by atoms with Crippen LogP contribution in [0, 0.1) is 12.8 Å². The lowest BCUT2D eigenvalue weighted by Crippen LogP contribution is -2.33. The topological polar surface area (TPSA) is 67.2 Å². The molecular weight excluding hydrogens is 230 g/mol. The summed E-state index contributed by atoms with van der Waals surface area (Å²) >= 11 is 0. The molecule has 0 saturated heterocycles. The van der Waals surface area contributed by atoms with Crippen LogP contribution in [0.1, 0.15) is 45.3 Å². The fraction of sp³-hybridized carbons (Fsp3) is 0.692. The van der Waals surface area contributed by atoms with Gasteiger partial charge in [-0.15, -0.1) is 0 Å². The van der Waals surface area contributed by atoms with Crippen LogP contribution in [0.4, 0.5) is 10.6 Å². The third kappa shape index (κ3) is 5.21. The summed E-state index contributed by atoms with van der Waals surface area (Å²) in [6.45, 7) is 6.83. The van der Waals surface area contributed by atoms with E-state index in [1.165, 1.54) is 12.8 Å². The lowest BCUT2D eigenvalue weighted by atomic mass is 9.99. The molecule has 102 valence electrons. The van der Waals surface area contributed by atoms with Gasteiger partial charge in [-0.1, -0.05) is 38.3 Å². The Bertz CT molecular complexity index is 363. The molecule has 0 bridgehead atoms. The Balaban J connectivity index is 2.27. The molecule has 1 atom stereocenters. The van der Waals surface area contributed by atoms with Crippen molar-refractivity contribution in [2.75, 3.05) is 11.9 Å². The first-order chi connectivity index (χ1) is 8.65. The lowest BCUT2D eigenvalue weighted by Gasteiger charge is -2.15. The number of aryl methyl sites for hydroxylation is 1. The fourth-order valence-electron chi connectivity index (χ4n) is 1.77.